The van der Waals surface area contributed by atoms with Gasteiger partial charge in [0.2, 0.25) is 0 Å². The van der Waals surface area contributed by atoms with Crippen LogP contribution in [-0.2, 0) is 11.2 Å². The van der Waals surface area contributed by atoms with Crippen LogP contribution >= 0.6 is 0 Å². The summed E-state index contributed by atoms with van der Waals surface area (Å²) in [6.07, 6.45) is 5.33. The molecule has 1 aromatic rings. The molecule has 2 heterocycles. The summed E-state index contributed by atoms with van der Waals surface area (Å²) in [4.78, 5) is 0. The van der Waals surface area contributed by atoms with E-state index in [-0.39, 0.29) is 0 Å². The van der Waals surface area contributed by atoms with Gasteiger partial charge in [-0.1, -0.05) is 0 Å². The van der Waals surface area contributed by atoms with E-state index in [1.165, 1.54) is 0 Å². The molecule has 3 nitrogen and oxygen atoms in total. The number of rotatable bonds is 5. The molecule has 0 aliphatic carbocycles. The molecule has 3 heteroatoms. The first-order chi connectivity index (χ1) is 7.75. The van der Waals surface area contributed by atoms with Crippen molar-refractivity contribution in [3.8, 4) is 0 Å². The Bertz CT molecular complexity index is 297. The molecule has 0 aromatic carbocycles. The molecule has 1 aromatic heterocycles. The molecular weight excluding hydrogens is 202 g/mol. The summed E-state index contributed by atoms with van der Waals surface area (Å²) in [5, 5.41) is 3.62. The van der Waals surface area contributed by atoms with Gasteiger partial charge in [-0.05, 0) is 38.8 Å². The fraction of sp³-hybridized carbons (Fsp3) is 0.692. The first-order valence-corrected chi connectivity index (χ1v) is 6.15. The SMILES string of the molecule is CC(CCc1ccco1)NC1CCOC1C. The van der Waals surface area contributed by atoms with E-state index in [4.69, 9.17) is 9.15 Å². The normalized spacial score (nSPS) is 27.1. The fourth-order valence-corrected chi connectivity index (χ4v) is 2.21. The Morgan fingerprint density at radius 3 is 3.06 bits per heavy atom. The second-order valence-electron chi connectivity index (χ2n) is 4.66. The van der Waals surface area contributed by atoms with E-state index in [2.05, 4.69) is 19.2 Å². The predicted octanol–water partition coefficient (Wildman–Crippen LogP) is 2.37. The summed E-state index contributed by atoms with van der Waals surface area (Å²) in [6, 6.07) is 5.01. The Morgan fingerprint density at radius 1 is 1.56 bits per heavy atom. The largest absolute Gasteiger partial charge is 0.469 e. The van der Waals surface area contributed by atoms with Crippen molar-refractivity contribution in [1.82, 2.24) is 5.32 Å². The van der Waals surface area contributed by atoms with Crippen molar-refractivity contribution in [3.05, 3.63) is 24.2 Å². The van der Waals surface area contributed by atoms with Crippen LogP contribution in [0.15, 0.2) is 22.8 Å². The number of ether oxygens (including phenoxy) is 1. The zero-order valence-corrected chi connectivity index (χ0v) is 10.1. The lowest BCUT2D eigenvalue weighted by Gasteiger charge is -2.21. The summed E-state index contributed by atoms with van der Waals surface area (Å²) < 4.78 is 10.9. The topological polar surface area (TPSA) is 34.4 Å². The summed E-state index contributed by atoms with van der Waals surface area (Å²) in [5.74, 6) is 1.07. The molecule has 16 heavy (non-hydrogen) atoms. The second-order valence-corrected chi connectivity index (χ2v) is 4.66. The van der Waals surface area contributed by atoms with Crippen LogP contribution in [0, 0.1) is 0 Å². The van der Waals surface area contributed by atoms with Gasteiger partial charge in [-0.3, -0.25) is 0 Å². The molecule has 3 atom stereocenters. The van der Waals surface area contributed by atoms with Gasteiger partial charge in [-0.25, -0.2) is 0 Å². The van der Waals surface area contributed by atoms with Gasteiger partial charge in [0.1, 0.15) is 5.76 Å². The van der Waals surface area contributed by atoms with Gasteiger partial charge in [0, 0.05) is 25.1 Å². The molecule has 2 rings (SSSR count). The van der Waals surface area contributed by atoms with E-state index in [1.54, 1.807) is 6.26 Å². The fourth-order valence-electron chi connectivity index (χ4n) is 2.21. The lowest BCUT2D eigenvalue weighted by atomic mass is 10.1. The summed E-state index contributed by atoms with van der Waals surface area (Å²) >= 11 is 0. The van der Waals surface area contributed by atoms with Crippen molar-refractivity contribution in [2.24, 2.45) is 0 Å². The quantitative estimate of drug-likeness (QED) is 0.832. The number of furan rings is 1. The minimum atomic E-state index is 0.353. The zero-order valence-electron chi connectivity index (χ0n) is 10.1. The molecular formula is C13H21NO2. The van der Waals surface area contributed by atoms with Crippen LogP contribution in [0.3, 0.4) is 0 Å². The van der Waals surface area contributed by atoms with Crippen molar-refractivity contribution < 1.29 is 9.15 Å². The summed E-state index contributed by atoms with van der Waals surface area (Å²) in [6.45, 7) is 5.27. The van der Waals surface area contributed by atoms with Crippen molar-refractivity contribution in [3.63, 3.8) is 0 Å². The smallest absolute Gasteiger partial charge is 0.103 e. The Morgan fingerprint density at radius 2 is 2.44 bits per heavy atom. The third-order valence-electron chi connectivity index (χ3n) is 3.28. The van der Waals surface area contributed by atoms with Crippen LogP contribution in [0.2, 0.25) is 0 Å². The summed E-state index contributed by atoms with van der Waals surface area (Å²) in [7, 11) is 0. The van der Waals surface area contributed by atoms with Crippen LogP contribution < -0.4 is 5.32 Å². The molecule has 0 amide bonds. The van der Waals surface area contributed by atoms with Crippen molar-refractivity contribution in [2.45, 2.75) is 51.3 Å². The molecule has 1 fully saturated rings. The first-order valence-electron chi connectivity index (χ1n) is 6.15. The van der Waals surface area contributed by atoms with E-state index < -0.39 is 0 Å². The highest BCUT2D eigenvalue weighted by atomic mass is 16.5. The highest BCUT2D eigenvalue weighted by Gasteiger charge is 2.24. The van der Waals surface area contributed by atoms with E-state index in [9.17, 15) is 0 Å². The van der Waals surface area contributed by atoms with Gasteiger partial charge in [-0.2, -0.15) is 0 Å². The van der Waals surface area contributed by atoms with E-state index >= 15 is 0 Å². The van der Waals surface area contributed by atoms with E-state index in [0.717, 1.165) is 31.6 Å². The second kappa shape index (κ2) is 5.51. The molecule has 0 radical (unpaired) electrons. The van der Waals surface area contributed by atoms with Gasteiger partial charge in [0.05, 0.1) is 12.4 Å². The van der Waals surface area contributed by atoms with E-state index in [0.29, 0.717) is 18.2 Å². The highest BCUT2D eigenvalue weighted by Crippen LogP contribution is 2.14. The first kappa shape index (κ1) is 11.7. The monoisotopic (exact) mass is 223 g/mol. The van der Waals surface area contributed by atoms with Crippen molar-refractivity contribution >= 4 is 0 Å². The standard InChI is InChI=1S/C13H21NO2/c1-10(5-6-12-4-3-8-16-12)14-13-7-9-15-11(13)2/h3-4,8,10-11,13-14H,5-7,9H2,1-2H3. The maximum Gasteiger partial charge on any atom is 0.103 e. The van der Waals surface area contributed by atoms with Crippen molar-refractivity contribution in [1.29, 1.82) is 0 Å². The van der Waals surface area contributed by atoms with Crippen molar-refractivity contribution in [2.75, 3.05) is 6.61 Å². The molecule has 0 spiro atoms. The number of hydrogen-bond acceptors (Lipinski definition) is 3. The van der Waals surface area contributed by atoms with Gasteiger partial charge < -0.3 is 14.5 Å². The average molecular weight is 223 g/mol. The van der Waals surface area contributed by atoms with Gasteiger partial charge in [0.25, 0.3) is 0 Å². The number of hydrogen-bond donors (Lipinski definition) is 1. The third kappa shape index (κ3) is 3.09. The Hall–Kier alpha value is -0.800. The lowest BCUT2D eigenvalue weighted by molar-refractivity contribution is 0.111. The maximum absolute atomic E-state index is 5.54. The molecule has 0 saturated carbocycles. The minimum Gasteiger partial charge on any atom is -0.469 e. The van der Waals surface area contributed by atoms with Gasteiger partial charge >= 0.3 is 0 Å². The molecule has 1 aliphatic rings. The predicted molar refractivity (Wildman–Crippen MR) is 63.4 cm³/mol. The van der Waals surface area contributed by atoms with Gasteiger partial charge in [-0.15, -0.1) is 0 Å². The molecule has 90 valence electrons. The Balaban J connectivity index is 1.70. The zero-order chi connectivity index (χ0) is 11.4. The summed E-state index contributed by atoms with van der Waals surface area (Å²) in [5.41, 5.74) is 0. The minimum absolute atomic E-state index is 0.353. The molecule has 1 saturated heterocycles. The third-order valence-corrected chi connectivity index (χ3v) is 3.28. The van der Waals surface area contributed by atoms with Crippen LogP contribution in [0.25, 0.3) is 0 Å². The average Bonchev–Trinajstić information content (AvgIpc) is 2.88. The van der Waals surface area contributed by atoms with Crippen LogP contribution in [-0.4, -0.2) is 24.8 Å². The lowest BCUT2D eigenvalue weighted by Crippen LogP contribution is -2.40. The highest BCUT2D eigenvalue weighted by molar-refractivity contribution is 4.98. The van der Waals surface area contributed by atoms with Crippen LogP contribution in [0.5, 0.6) is 0 Å². The Labute approximate surface area is 97.2 Å². The maximum atomic E-state index is 5.54. The molecule has 0 bridgehead atoms. The Kier molecular flexibility index (Phi) is 4.02. The molecule has 1 N–H and O–H groups in total. The molecule has 1 aliphatic heterocycles. The van der Waals surface area contributed by atoms with Crippen LogP contribution in [0.1, 0.15) is 32.4 Å². The molecule has 3 unspecified atom stereocenters. The number of aryl methyl sites for hydroxylation is 1. The number of nitrogens with one attached hydrogen (secondary N) is 1. The van der Waals surface area contributed by atoms with Crippen LogP contribution in [0.4, 0.5) is 0 Å². The van der Waals surface area contributed by atoms with Gasteiger partial charge in [0.15, 0.2) is 0 Å². The van der Waals surface area contributed by atoms with E-state index in [1.807, 2.05) is 12.1 Å².